The Hall–Kier alpha value is -1.33. The zero-order valence-electron chi connectivity index (χ0n) is 6.98. The van der Waals surface area contributed by atoms with Gasteiger partial charge in [0.05, 0.1) is 4.34 Å². The SMILES string of the molecule is Nc1cn(-c2ccc(Cl)s2)cnc1=O. The number of hydrogen-bond acceptors (Lipinski definition) is 4. The average Bonchev–Trinajstić information content (AvgIpc) is 2.57. The number of rotatable bonds is 1. The van der Waals surface area contributed by atoms with Crippen molar-refractivity contribution < 1.29 is 0 Å². The molecule has 0 saturated carbocycles. The molecule has 0 aliphatic heterocycles. The quantitative estimate of drug-likeness (QED) is 0.804. The Balaban J connectivity index is 2.52. The van der Waals surface area contributed by atoms with E-state index in [1.165, 1.54) is 23.9 Å². The minimum absolute atomic E-state index is 0.122. The van der Waals surface area contributed by atoms with Crippen molar-refractivity contribution >= 4 is 28.6 Å². The molecular formula is C8H6ClN3OS. The molecule has 0 bridgehead atoms. The van der Waals surface area contributed by atoms with E-state index < -0.39 is 5.56 Å². The molecule has 2 heterocycles. The molecule has 0 spiro atoms. The van der Waals surface area contributed by atoms with E-state index in [4.69, 9.17) is 17.3 Å². The molecule has 0 amide bonds. The molecule has 0 atom stereocenters. The summed E-state index contributed by atoms with van der Waals surface area (Å²) in [7, 11) is 0. The molecule has 0 radical (unpaired) electrons. The van der Waals surface area contributed by atoms with Gasteiger partial charge in [0, 0.05) is 6.20 Å². The van der Waals surface area contributed by atoms with Crippen molar-refractivity contribution in [1.82, 2.24) is 9.55 Å². The second-order valence-corrected chi connectivity index (χ2v) is 4.31. The van der Waals surface area contributed by atoms with Gasteiger partial charge in [-0.15, -0.1) is 11.3 Å². The molecule has 2 rings (SSSR count). The van der Waals surface area contributed by atoms with E-state index in [2.05, 4.69) is 4.98 Å². The van der Waals surface area contributed by atoms with Crippen molar-refractivity contribution in [2.24, 2.45) is 0 Å². The Bertz CT molecular complexity index is 519. The van der Waals surface area contributed by atoms with Crippen LogP contribution in [-0.2, 0) is 0 Å². The summed E-state index contributed by atoms with van der Waals surface area (Å²) >= 11 is 7.16. The molecule has 0 aromatic carbocycles. The molecule has 2 N–H and O–H groups in total. The maximum atomic E-state index is 10.9. The van der Waals surface area contributed by atoms with Crippen LogP contribution in [0.1, 0.15) is 0 Å². The van der Waals surface area contributed by atoms with Gasteiger partial charge in [0.25, 0.3) is 5.56 Å². The van der Waals surface area contributed by atoms with Crippen LogP contribution in [0, 0.1) is 0 Å². The van der Waals surface area contributed by atoms with Gasteiger partial charge in [-0.25, -0.2) is 0 Å². The van der Waals surface area contributed by atoms with Crippen LogP contribution in [-0.4, -0.2) is 9.55 Å². The zero-order chi connectivity index (χ0) is 10.1. The smallest absolute Gasteiger partial charge is 0.295 e. The lowest BCUT2D eigenvalue weighted by molar-refractivity contribution is 0.985. The summed E-state index contributed by atoms with van der Waals surface area (Å²) in [6.45, 7) is 0. The van der Waals surface area contributed by atoms with Gasteiger partial charge in [0.1, 0.15) is 17.0 Å². The first-order chi connectivity index (χ1) is 6.66. The number of nitrogens with zero attached hydrogens (tertiary/aromatic N) is 2. The van der Waals surface area contributed by atoms with E-state index in [1.54, 1.807) is 10.6 Å². The number of halogens is 1. The van der Waals surface area contributed by atoms with Crippen LogP contribution in [0.25, 0.3) is 5.00 Å². The third-order valence-electron chi connectivity index (χ3n) is 1.64. The maximum absolute atomic E-state index is 10.9. The van der Waals surface area contributed by atoms with Gasteiger partial charge in [-0.2, -0.15) is 4.98 Å². The summed E-state index contributed by atoms with van der Waals surface area (Å²) in [5.74, 6) is 0. The maximum Gasteiger partial charge on any atom is 0.295 e. The molecule has 4 nitrogen and oxygen atoms in total. The molecule has 6 heteroatoms. The largest absolute Gasteiger partial charge is 0.393 e. The molecular weight excluding hydrogens is 222 g/mol. The van der Waals surface area contributed by atoms with Crippen LogP contribution in [0.3, 0.4) is 0 Å². The first-order valence-corrected chi connectivity index (χ1v) is 4.96. The van der Waals surface area contributed by atoms with Crippen molar-refractivity contribution in [2.45, 2.75) is 0 Å². The van der Waals surface area contributed by atoms with Crippen LogP contribution in [0.2, 0.25) is 4.34 Å². The Morgan fingerprint density at radius 3 is 2.86 bits per heavy atom. The highest BCUT2D eigenvalue weighted by Gasteiger charge is 2.01. The van der Waals surface area contributed by atoms with Crippen molar-refractivity contribution in [3.8, 4) is 5.00 Å². The normalized spacial score (nSPS) is 10.4. The summed E-state index contributed by atoms with van der Waals surface area (Å²) < 4.78 is 2.34. The van der Waals surface area contributed by atoms with Crippen molar-refractivity contribution in [1.29, 1.82) is 0 Å². The Kier molecular flexibility index (Phi) is 2.26. The summed E-state index contributed by atoms with van der Waals surface area (Å²) in [4.78, 5) is 14.5. The average molecular weight is 228 g/mol. The van der Waals surface area contributed by atoms with Crippen LogP contribution in [0.5, 0.6) is 0 Å². The highest BCUT2D eigenvalue weighted by Crippen LogP contribution is 2.24. The van der Waals surface area contributed by atoms with E-state index in [0.717, 1.165) is 5.00 Å². The molecule has 0 unspecified atom stereocenters. The van der Waals surface area contributed by atoms with Gasteiger partial charge in [0.2, 0.25) is 0 Å². The number of anilines is 1. The van der Waals surface area contributed by atoms with E-state index in [-0.39, 0.29) is 5.69 Å². The first kappa shape index (κ1) is 9.23. The predicted octanol–water partition coefficient (Wildman–Crippen LogP) is 1.53. The zero-order valence-corrected chi connectivity index (χ0v) is 8.55. The molecule has 0 saturated heterocycles. The second kappa shape index (κ2) is 3.43. The molecule has 0 aliphatic carbocycles. The Labute approximate surface area is 88.6 Å². The van der Waals surface area contributed by atoms with Crippen molar-refractivity contribution in [3.05, 3.63) is 39.3 Å². The minimum Gasteiger partial charge on any atom is -0.393 e. The lowest BCUT2D eigenvalue weighted by Gasteiger charge is -2.01. The van der Waals surface area contributed by atoms with Gasteiger partial charge in [-0.05, 0) is 12.1 Å². The lowest BCUT2D eigenvalue weighted by atomic mass is 10.5. The van der Waals surface area contributed by atoms with Gasteiger partial charge in [-0.3, -0.25) is 9.36 Å². The van der Waals surface area contributed by atoms with E-state index in [1.807, 2.05) is 6.07 Å². The topological polar surface area (TPSA) is 60.9 Å². The fraction of sp³-hybridized carbons (Fsp3) is 0. The molecule has 0 fully saturated rings. The Morgan fingerprint density at radius 2 is 2.29 bits per heavy atom. The summed E-state index contributed by atoms with van der Waals surface area (Å²) in [6.07, 6.45) is 2.94. The fourth-order valence-corrected chi connectivity index (χ4v) is 1.97. The monoisotopic (exact) mass is 227 g/mol. The lowest BCUT2D eigenvalue weighted by Crippen LogP contribution is -2.13. The molecule has 2 aromatic heterocycles. The molecule has 14 heavy (non-hydrogen) atoms. The number of nitrogen functional groups attached to an aromatic ring is 1. The number of aromatic nitrogens is 2. The minimum atomic E-state index is -0.413. The summed E-state index contributed by atoms with van der Waals surface area (Å²) in [5, 5.41) is 0.870. The Morgan fingerprint density at radius 1 is 1.50 bits per heavy atom. The van der Waals surface area contributed by atoms with E-state index >= 15 is 0 Å². The summed E-state index contributed by atoms with van der Waals surface area (Å²) in [6, 6.07) is 3.61. The second-order valence-electron chi connectivity index (χ2n) is 2.62. The highest BCUT2D eigenvalue weighted by molar-refractivity contribution is 7.18. The van der Waals surface area contributed by atoms with Gasteiger partial charge in [-0.1, -0.05) is 11.6 Å². The van der Waals surface area contributed by atoms with Gasteiger partial charge < -0.3 is 5.73 Å². The summed E-state index contributed by atoms with van der Waals surface area (Å²) in [5.41, 5.74) is 5.15. The number of nitrogens with two attached hydrogens (primary N) is 1. The molecule has 0 aliphatic rings. The standard InChI is InChI=1S/C8H6ClN3OS/c9-6-1-2-7(14-6)12-3-5(10)8(13)11-4-12/h1-4H,10H2. The number of thiophene rings is 1. The fourth-order valence-electron chi connectivity index (χ4n) is 0.992. The van der Waals surface area contributed by atoms with Gasteiger partial charge >= 0.3 is 0 Å². The van der Waals surface area contributed by atoms with E-state index in [9.17, 15) is 4.79 Å². The third-order valence-corrected chi connectivity index (χ3v) is 2.88. The van der Waals surface area contributed by atoms with Crippen molar-refractivity contribution in [3.63, 3.8) is 0 Å². The van der Waals surface area contributed by atoms with Crippen LogP contribution >= 0.6 is 22.9 Å². The van der Waals surface area contributed by atoms with Crippen LogP contribution in [0.15, 0.2) is 29.5 Å². The number of hydrogen-bond donors (Lipinski definition) is 1. The van der Waals surface area contributed by atoms with E-state index in [0.29, 0.717) is 4.34 Å². The van der Waals surface area contributed by atoms with Gasteiger partial charge in [0.15, 0.2) is 0 Å². The van der Waals surface area contributed by atoms with Crippen LogP contribution < -0.4 is 11.3 Å². The predicted molar refractivity (Wildman–Crippen MR) is 57.1 cm³/mol. The molecule has 72 valence electrons. The first-order valence-electron chi connectivity index (χ1n) is 3.76. The van der Waals surface area contributed by atoms with Crippen LogP contribution in [0.4, 0.5) is 5.69 Å². The third kappa shape index (κ3) is 1.64. The molecule has 2 aromatic rings. The highest BCUT2D eigenvalue weighted by atomic mass is 35.5. The van der Waals surface area contributed by atoms with Crippen molar-refractivity contribution in [2.75, 3.05) is 5.73 Å².